The fourth-order valence-corrected chi connectivity index (χ4v) is 7.31. The molecule has 1 aliphatic heterocycles. The van der Waals surface area contributed by atoms with Gasteiger partial charge in [-0.1, -0.05) is 6.07 Å². The lowest BCUT2D eigenvalue weighted by atomic mass is 9.48. The van der Waals surface area contributed by atoms with Crippen molar-refractivity contribution in [1.82, 2.24) is 5.32 Å². The normalized spacial score (nSPS) is 34.1. The maximum Gasteiger partial charge on any atom is 0.227 e. The van der Waals surface area contributed by atoms with Crippen molar-refractivity contribution in [1.29, 1.82) is 0 Å². The zero-order valence-corrected chi connectivity index (χ0v) is 19.2. The molecule has 2 amide bonds. The van der Waals surface area contributed by atoms with Gasteiger partial charge in [0.15, 0.2) is 0 Å². The van der Waals surface area contributed by atoms with Crippen LogP contribution in [-0.4, -0.2) is 30.5 Å². The Kier molecular flexibility index (Phi) is 5.26. The van der Waals surface area contributed by atoms with E-state index < -0.39 is 0 Å². The minimum atomic E-state index is -0.0518. The van der Waals surface area contributed by atoms with Gasteiger partial charge in [0.2, 0.25) is 11.8 Å². The largest absolute Gasteiger partial charge is 0.487 e. The average Bonchev–Trinajstić information content (AvgIpc) is 2.70. The van der Waals surface area contributed by atoms with Crippen LogP contribution in [-0.2, 0) is 9.59 Å². The fourth-order valence-electron chi connectivity index (χ4n) is 7.31. The first-order valence-electron chi connectivity index (χ1n) is 12.2. The molecule has 4 fully saturated rings. The SMILES string of the molecule is Cc1ccc2c(c1)N(C(=O)CCC(=O)NC(C)C13CC4CC(CC(C4)C1)C3)CC(C)O2. The zero-order valence-electron chi connectivity index (χ0n) is 19.2. The first-order chi connectivity index (χ1) is 14.8. The second kappa shape index (κ2) is 7.83. The molecule has 4 bridgehead atoms. The van der Waals surface area contributed by atoms with E-state index in [9.17, 15) is 9.59 Å². The van der Waals surface area contributed by atoms with Crippen LogP contribution in [0.2, 0.25) is 0 Å². The van der Waals surface area contributed by atoms with Crippen LogP contribution in [0.25, 0.3) is 0 Å². The number of anilines is 1. The summed E-state index contributed by atoms with van der Waals surface area (Å²) in [5.41, 5.74) is 2.21. The summed E-state index contributed by atoms with van der Waals surface area (Å²) in [5.74, 6) is 3.39. The van der Waals surface area contributed by atoms with Crippen LogP contribution in [0, 0.1) is 30.1 Å². The predicted octanol–water partition coefficient (Wildman–Crippen LogP) is 4.61. The van der Waals surface area contributed by atoms with Gasteiger partial charge in [-0.3, -0.25) is 9.59 Å². The summed E-state index contributed by atoms with van der Waals surface area (Å²) in [6.07, 6.45) is 8.50. The Balaban J connectivity index is 1.19. The second-order valence-corrected chi connectivity index (χ2v) is 11.0. The number of fused-ring (bicyclic) bond motifs is 1. The van der Waals surface area contributed by atoms with Crippen molar-refractivity contribution < 1.29 is 14.3 Å². The number of amides is 2. The second-order valence-electron chi connectivity index (χ2n) is 11.0. The van der Waals surface area contributed by atoms with Gasteiger partial charge in [-0.25, -0.2) is 0 Å². The summed E-state index contributed by atoms with van der Waals surface area (Å²) in [4.78, 5) is 27.6. The standard InChI is InChI=1S/C26H36N2O3/c1-16-4-5-23-22(8-16)28(15-17(2)31-23)25(30)7-6-24(29)27-18(3)26-12-19-9-20(13-26)11-21(10-19)14-26/h4-5,8,17-21H,6-7,9-15H2,1-3H3,(H,27,29). The van der Waals surface area contributed by atoms with E-state index in [0.29, 0.717) is 12.0 Å². The highest BCUT2D eigenvalue weighted by Crippen LogP contribution is 2.61. The Morgan fingerprint density at radius 1 is 1.13 bits per heavy atom. The number of carbonyl (C=O) groups excluding carboxylic acids is 2. The maximum absolute atomic E-state index is 13.0. The van der Waals surface area contributed by atoms with Gasteiger partial charge in [-0.2, -0.15) is 0 Å². The van der Waals surface area contributed by atoms with E-state index >= 15 is 0 Å². The van der Waals surface area contributed by atoms with Gasteiger partial charge in [-0.15, -0.1) is 0 Å². The van der Waals surface area contributed by atoms with Gasteiger partial charge in [0.05, 0.1) is 12.2 Å². The molecule has 5 aliphatic rings. The fraction of sp³-hybridized carbons (Fsp3) is 0.692. The molecule has 0 saturated heterocycles. The topological polar surface area (TPSA) is 58.6 Å². The Morgan fingerprint density at radius 2 is 1.77 bits per heavy atom. The van der Waals surface area contributed by atoms with E-state index in [0.717, 1.165) is 34.8 Å². The van der Waals surface area contributed by atoms with Crippen molar-refractivity contribution in [3.8, 4) is 5.75 Å². The lowest BCUT2D eigenvalue weighted by Gasteiger charge is -2.59. The van der Waals surface area contributed by atoms with E-state index in [4.69, 9.17) is 4.74 Å². The number of nitrogens with zero attached hydrogens (tertiary/aromatic N) is 1. The molecule has 168 valence electrons. The van der Waals surface area contributed by atoms with Crippen molar-refractivity contribution in [2.45, 2.75) is 84.3 Å². The molecule has 5 heteroatoms. The molecule has 6 rings (SSSR count). The zero-order chi connectivity index (χ0) is 21.8. The molecule has 1 aromatic rings. The van der Waals surface area contributed by atoms with Crippen LogP contribution < -0.4 is 15.0 Å². The highest BCUT2D eigenvalue weighted by atomic mass is 16.5. The number of aryl methyl sites for hydroxylation is 1. The van der Waals surface area contributed by atoms with Crippen LogP contribution in [0.5, 0.6) is 5.75 Å². The average molecular weight is 425 g/mol. The van der Waals surface area contributed by atoms with E-state index in [-0.39, 0.29) is 36.8 Å². The third-order valence-electron chi connectivity index (χ3n) is 8.42. The molecule has 2 atom stereocenters. The van der Waals surface area contributed by atoms with Crippen LogP contribution in [0.1, 0.15) is 70.8 Å². The van der Waals surface area contributed by atoms with Gasteiger partial charge in [0.1, 0.15) is 11.9 Å². The summed E-state index contributed by atoms with van der Waals surface area (Å²) >= 11 is 0. The lowest BCUT2D eigenvalue weighted by molar-refractivity contribution is -0.128. The molecule has 0 aromatic heterocycles. The molecule has 5 nitrogen and oxygen atoms in total. The van der Waals surface area contributed by atoms with Crippen molar-refractivity contribution in [2.24, 2.45) is 23.2 Å². The van der Waals surface area contributed by atoms with Crippen LogP contribution >= 0.6 is 0 Å². The van der Waals surface area contributed by atoms with Gasteiger partial charge >= 0.3 is 0 Å². The quantitative estimate of drug-likeness (QED) is 0.751. The molecule has 1 N–H and O–H groups in total. The number of hydrogen-bond donors (Lipinski definition) is 1. The molecule has 4 saturated carbocycles. The van der Waals surface area contributed by atoms with E-state index in [2.05, 4.69) is 12.2 Å². The minimum absolute atomic E-state index is 0.000363. The number of carbonyl (C=O) groups is 2. The van der Waals surface area contributed by atoms with Gasteiger partial charge in [0, 0.05) is 18.9 Å². The molecular weight excluding hydrogens is 388 g/mol. The summed E-state index contributed by atoms with van der Waals surface area (Å²) in [5, 5.41) is 3.30. The van der Waals surface area contributed by atoms with Crippen LogP contribution in [0.3, 0.4) is 0 Å². The number of hydrogen-bond acceptors (Lipinski definition) is 3. The Bertz CT molecular complexity index is 844. The Morgan fingerprint density at radius 3 is 2.42 bits per heavy atom. The monoisotopic (exact) mass is 424 g/mol. The van der Waals surface area contributed by atoms with Crippen LogP contribution in [0.4, 0.5) is 5.69 Å². The van der Waals surface area contributed by atoms with Crippen LogP contribution in [0.15, 0.2) is 18.2 Å². The number of ether oxygens (including phenoxy) is 1. The van der Waals surface area contributed by atoms with Crippen molar-refractivity contribution in [2.75, 3.05) is 11.4 Å². The summed E-state index contributed by atoms with van der Waals surface area (Å²) in [6, 6.07) is 6.13. The molecular formula is C26H36N2O3. The smallest absolute Gasteiger partial charge is 0.227 e. The minimum Gasteiger partial charge on any atom is -0.487 e. The van der Waals surface area contributed by atoms with E-state index in [1.165, 1.54) is 38.5 Å². The molecule has 4 aliphatic carbocycles. The lowest BCUT2D eigenvalue weighted by Crippen LogP contribution is -2.55. The van der Waals surface area contributed by atoms with Crippen molar-refractivity contribution in [3.63, 3.8) is 0 Å². The van der Waals surface area contributed by atoms with Gasteiger partial charge in [0.25, 0.3) is 0 Å². The third-order valence-corrected chi connectivity index (χ3v) is 8.42. The highest BCUT2D eigenvalue weighted by molar-refractivity contribution is 5.97. The molecule has 2 unspecified atom stereocenters. The van der Waals surface area contributed by atoms with E-state index in [1.807, 2.05) is 32.0 Å². The maximum atomic E-state index is 13.0. The Hall–Kier alpha value is -2.04. The number of benzene rings is 1. The molecule has 31 heavy (non-hydrogen) atoms. The van der Waals surface area contributed by atoms with Crippen molar-refractivity contribution >= 4 is 17.5 Å². The molecule has 1 heterocycles. The summed E-state index contributed by atoms with van der Waals surface area (Å²) in [6.45, 7) is 6.72. The third kappa shape index (κ3) is 3.96. The number of rotatable bonds is 5. The first-order valence-corrected chi connectivity index (χ1v) is 12.2. The Labute approximate surface area is 185 Å². The van der Waals surface area contributed by atoms with Gasteiger partial charge < -0.3 is 15.0 Å². The van der Waals surface area contributed by atoms with E-state index in [1.54, 1.807) is 4.90 Å². The predicted molar refractivity (Wildman–Crippen MR) is 121 cm³/mol. The molecule has 0 spiro atoms. The molecule has 0 radical (unpaired) electrons. The highest BCUT2D eigenvalue weighted by Gasteiger charge is 2.53. The first kappa shape index (κ1) is 20.8. The van der Waals surface area contributed by atoms with Gasteiger partial charge in [-0.05, 0) is 100 Å². The number of nitrogens with one attached hydrogen (secondary N) is 1. The summed E-state index contributed by atoms with van der Waals surface area (Å²) in [7, 11) is 0. The molecule has 1 aromatic carbocycles. The van der Waals surface area contributed by atoms with Crippen molar-refractivity contribution in [3.05, 3.63) is 23.8 Å². The summed E-state index contributed by atoms with van der Waals surface area (Å²) < 4.78 is 5.89.